The number of ketones is 1. The molecule has 0 spiro atoms. The van der Waals surface area contributed by atoms with Crippen LogP contribution in [0.5, 0.6) is 0 Å². The Kier molecular flexibility index (Phi) is 6.83. The highest BCUT2D eigenvalue weighted by atomic mass is 32.2. The fourth-order valence-corrected chi connectivity index (χ4v) is 5.80. The molecular formula is C24H28N4O5S. The molecule has 0 unspecified atom stereocenters. The summed E-state index contributed by atoms with van der Waals surface area (Å²) in [5.41, 5.74) is 1.74. The number of benzene rings is 2. The van der Waals surface area contributed by atoms with Crippen molar-refractivity contribution in [1.82, 2.24) is 9.21 Å². The van der Waals surface area contributed by atoms with Gasteiger partial charge in [-0.15, -0.1) is 0 Å². The second-order valence-electron chi connectivity index (χ2n) is 8.64. The lowest BCUT2D eigenvalue weighted by molar-refractivity contribution is -0.120. The molecule has 0 aliphatic carbocycles. The maximum absolute atomic E-state index is 13.3. The molecule has 1 fully saturated rings. The third-order valence-electron chi connectivity index (χ3n) is 6.22. The van der Waals surface area contributed by atoms with Crippen LogP contribution in [0.3, 0.4) is 0 Å². The number of hydrogen-bond acceptors (Lipinski definition) is 6. The van der Waals surface area contributed by atoms with Crippen molar-refractivity contribution >= 4 is 39.0 Å². The number of nitrogens with zero attached hydrogens (tertiary/aromatic N) is 3. The summed E-state index contributed by atoms with van der Waals surface area (Å²) in [6.07, 6.45) is 0.203. The maximum Gasteiger partial charge on any atom is 0.243 e. The zero-order valence-electron chi connectivity index (χ0n) is 19.2. The number of para-hydroxylation sites is 2. The molecule has 1 atom stereocenters. The van der Waals surface area contributed by atoms with E-state index in [0.717, 1.165) is 0 Å². The van der Waals surface area contributed by atoms with Crippen molar-refractivity contribution in [3.05, 3.63) is 54.1 Å². The molecular weight excluding hydrogens is 456 g/mol. The van der Waals surface area contributed by atoms with Crippen molar-refractivity contribution in [3.63, 3.8) is 0 Å². The van der Waals surface area contributed by atoms with E-state index in [4.69, 9.17) is 0 Å². The number of carbonyl (C=O) groups is 3. The molecule has 2 aromatic carbocycles. The van der Waals surface area contributed by atoms with Crippen LogP contribution in [0.15, 0.2) is 53.4 Å². The van der Waals surface area contributed by atoms with E-state index in [0.29, 0.717) is 30.0 Å². The summed E-state index contributed by atoms with van der Waals surface area (Å²) >= 11 is 0. The fraction of sp³-hybridized carbons (Fsp3) is 0.375. The van der Waals surface area contributed by atoms with Crippen LogP contribution in [0.4, 0.5) is 11.4 Å². The highest BCUT2D eigenvalue weighted by molar-refractivity contribution is 7.89. The Morgan fingerprint density at radius 1 is 1.00 bits per heavy atom. The van der Waals surface area contributed by atoms with Crippen molar-refractivity contribution in [2.75, 3.05) is 42.9 Å². The summed E-state index contributed by atoms with van der Waals surface area (Å²) in [6, 6.07) is 12.9. The van der Waals surface area contributed by atoms with Crippen LogP contribution in [0.2, 0.25) is 0 Å². The lowest BCUT2D eigenvalue weighted by Gasteiger charge is -2.35. The predicted molar refractivity (Wildman–Crippen MR) is 128 cm³/mol. The van der Waals surface area contributed by atoms with Crippen LogP contribution in [0.25, 0.3) is 0 Å². The molecule has 2 aliphatic rings. The number of fused-ring (bicyclic) bond motifs is 1. The first-order valence-corrected chi connectivity index (χ1v) is 12.7. The Labute approximate surface area is 199 Å². The summed E-state index contributed by atoms with van der Waals surface area (Å²) in [5.74, 6) is -0.387. The minimum absolute atomic E-state index is 0.122. The van der Waals surface area contributed by atoms with Gasteiger partial charge in [0, 0.05) is 44.2 Å². The lowest BCUT2D eigenvalue weighted by Crippen LogP contribution is -2.52. The molecule has 2 aromatic rings. The third kappa shape index (κ3) is 4.89. The van der Waals surface area contributed by atoms with E-state index < -0.39 is 10.0 Å². The summed E-state index contributed by atoms with van der Waals surface area (Å²) in [5, 5.41) is 2.85. The molecule has 0 saturated carbocycles. The molecule has 0 aromatic heterocycles. The van der Waals surface area contributed by atoms with E-state index >= 15 is 0 Å². The van der Waals surface area contributed by atoms with Crippen LogP contribution in [0.1, 0.15) is 30.6 Å². The first-order chi connectivity index (χ1) is 16.2. The SMILES string of the molecule is CC(=O)c1ccc(S(=O)(=O)N2CCN(CC(=O)N3c4ccccc4NC(=O)C[C@@H]3C)CC2)cc1. The van der Waals surface area contributed by atoms with Gasteiger partial charge < -0.3 is 10.2 Å². The Balaban J connectivity index is 1.41. The summed E-state index contributed by atoms with van der Waals surface area (Å²) in [7, 11) is -3.68. The second kappa shape index (κ2) is 9.65. The van der Waals surface area contributed by atoms with Gasteiger partial charge in [0.1, 0.15) is 0 Å². The van der Waals surface area contributed by atoms with Crippen LogP contribution in [0, 0.1) is 0 Å². The van der Waals surface area contributed by atoms with Gasteiger partial charge in [0.15, 0.2) is 5.78 Å². The van der Waals surface area contributed by atoms with E-state index in [9.17, 15) is 22.8 Å². The zero-order chi connectivity index (χ0) is 24.5. The molecule has 0 bridgehead atoms. The number of rotatable bonds is 5. The van der Waals surface area contributed by atoms with Gasteiger partial charge in [0.25, 0.3) is 0 Å². The van der Waals surface area contributed by atoms with E-state index in [2.05, 4.69) is 5.32 Å². The van der Waals surface area contributed by atoms with Crippen LogP contribution >= 0.6 is 0 Å². The molecule has 180 valence electrons. The van der Waals surface area contributed by atoms with Crippen molar-refractivity contribution in [1.29, 1.82) is 0 Å². The standard InChI is InChI=1S/C24H28N4O5S/c1-17-15-23(30)25-21-5-3-4-6-22(21)28(17)24(31)16-26-11-13-27(14-12-26)34(32,33)20-9-7-19(8-10-20)18(2)29/h3-10,17H,11-16H2,1-2H3,(H,25,30)/t17-/m0/s1. The van der Waals surface area contributed by atoms with Gasteiger partial charge in [-0.3, -0.25) is 19.3 Å². The quantitative estimate of drug-likeness (QED) is 0.651. The van der Waals surface area contributed by atoms with Gasteiger partial charge in [-0.1, -0.05) is 24.3 Å². The number of nitrogens with one attached hydrogen (secondary N) is 1. The molecule has 2 heterocycles. The monoisotopic (exact) mass is 484 g/mol. The van der Waals surface area contributed by atoms with Crippen molar-refractivity contribution in [3.8, 4) is 0 Å². The Hall–Kier alpha value is -3.08. The normalized spacial score (nSPS) is 19.8. The Morgan fingerprint density at radius 2 is 1.65 bits per heavy atom. The van der Waals surface area contributed by atoms with Crippen LogP contribution < -0.4 is 10.2 Å². The topological polar surface area (TPSA) is 107 Å². The Morgan fingerprint density at radius 3 is 2.29 bits per heavy atom. The lowest BCUT2D eigenvalue weighted by atomic mass is 10.1. The van der Waals surface area contributed by atoms with Gasteiger partial charge in [0.2, 0.25) is 21.8 Å². The number of amides is 2. The van der Waals surface area contributed by atoms with Crippen molar-refractivity contribution < 1.29 is 22.8 Å². The molecule has 2 amide bonds. The second-order valence-corrected chi connectivity index (χ2v) is 10.6. The third-order valence-corrected chi connectivity index (χ3v) is 8.13. The van der Waals surface area contributed by atoms with E-state index in [1.54, 1.807) is 11.0 Å². The molecule has 4 rings (SSSR count). The van der Waals surface area contributed by atoms with Gasteiger partial charge in [0.05, 0.1) is 22.8 Å². The molecule has 9 nitrogen and oxygen atoms in total. The summed E-state index contributed by atoms with van der Waals surface area (Å²) < 4.78 is 27.4. The van der Waals surface area contributed by atoms with Crippen molar-refractivity contribution in [2.24, 2.45) is 0 Å². The van der Waals surface area contributed by atoms with Crippen molar-refractivity contribution in [2.45, 2.75) is 31.2 Å². The first kappa shape index (κ1) is 24.1. The van der Waals surface area contributed by atoms with Crippen LogP contribution in [-0.4, -0.2) is 74.0 Å². The highest BCUT2D eigenvalue weighted by Crippen LogP contribution is 2.31. The highest BCUT2D eigenvalue weighted by Gasteiger charge is 2.33. The van der Waals surface area contributed by atoms with Gasteiger partial charge in [-0.05, 0) is 38.1 Å². The molecule has 34 heavy (non-hydrogen) atoms. The van der Waals surface area contributed by atoms with Crippen LogP contribution in [-0.2, 0) is 19.6 Å². The summed E-state index contributed by atoms with van der Waals surface area (Å²) in [4.78, 5) is 40.6. The van der Waals surface area contributed by atoms with Gasteiger partial charge in [-0.2, -0.15) is 4.31 Å². The Bertz CT molecular complexity index is 1200. The molecule has 10 heteroatoms. The number of anilines is 2. The molecule has 2 aliphatic heterocycles. The predicted octanol–water partition coefficient (Wildman–Crippen LogP) is 1.96. The van der Waals surface area contributed by atoms with E-state index in [-0.39, 0.29) is 54.6 Å². The number of hydrogen-bond donors (Lipinski definition) is 1. The molecule has 1 N–H and O–H groups in total. The summed E-state index contributed by atoms with van der Waals surface area (Å²) in [6.45, 7) is 4.76. The van der Waals surface area contributed by atoms with Gasteiger partial charge in [-0.25, -0.2) is 8.42 Å². The zero-order valence-corrected chi connectivity index (χ0v) is 20.0. The van der Waals surface area contributed by atoms with Gasteiger partial charge >= 0.3 is 0 Å². The number of piperazine rings is 1. The molecule has 1 saturated heterocycles. The average Bonchev–Trinajstić information content (AvgIpc) is 2.93. The fourth-order valence-electron chi connectivity index (χ4n) is 4.37. The average molecular weight is 485 g/mol. The first-order valence-electron chi connectivity index (χ1n) is 11.2. The largest absolute Gasteiger partial charge is 0.324 e. The van der Waals surface area contributed by atoms with E-state index in [1.807, 2.05) is 30.0 Å². The maximum atomic E-state index is 13.3. The minimum atomic E-state index is -3.68. The molecule has 0 radical (unpaired) electrons. The number of carbonyl (C=O) groups excluding carboxylic acids is 3. The van der Waals surface area contributed by atoms with E-state index in [1.165, 1.54) is 35.5 Å². The smallest absolute Gasteiger partial charge is 0.243 e. The number of sulfonamides is 1. The number of Topliss-reactive ketones (excluding diaryl/α,β-unsaturated/α-hetero) is 1. The minimum Gasteiger partial charge on any atom is -0.324 e.